The van der Waals surface area contributed by atoms with Gasteiger partial charge in [0.05, 0.1) is 27.6 Å². The summed E-state index contributed by atoms with van der Waals surface area (Å²) in [6.07, 6.45) is 1.40. The molecular weight excluding hydrogens is 377 g/mol. The second-order valence-electron chi connectivity index (χ2n) is 5.30. The molecule has 2 aromatic carbocycles. The van der Waals surface area contributed by atoms with E-state index in [0.717, 1.165) is 0 Å². The zero-order valence-corrected chi connectivity index (χ0v) is 14.9. The summed E-state index contributed by atoms with van der Waals surface area (Å²) in [5.74, 6) is -0.893. The van der Waals surface area contributed by atoms with Crippen LogP contribution in [0.25, 0.3) is 0 Å². The van der Waals surface area contributed by atoms with Crippen LogP contribution in [0.4, 0.5) is 5.69 Å². The zero-order chi connectivity index (χ0) is 18.5. The van der Waals surface area contributed by atoms with E-state index in [4.69, 9.17) is 32.4 Å². The maximum absolute atomic E-state index is 12.4. The molecule has 5 nitrogen and oxygen atoms in total. The van der Waals surface area contributed by atoms with Crippen LogP contribution in [0.2, 0.25) is 10.0 Å². The Morgan fingerprint density at radius 1 is 1.00 bits per heavy atom. The summed E-state index contributed by atoms with van der Waals surface area (Å²) in [4.78, 5) is 24.5. The van der Waals surface area contributed by atoms with Gasteiger partial charge in [0.25, 0.3) is 5.91 Å². The summed E-state index contributed by atoms with van der Waals surface area (Å²) in [6.45, 7) is 0.0240. The van der Waals surface area contributed by atoms with E-state index in [9.17, 15) is 9.59 Å². The van der Waals surface area contributed by atoms with Crippen molar-refractivity contribution < 1.29 is 18.7 Å². The second-order valence-corrected chi connectivity index (χ2v) is 6.12. The first-order valence-electron chi connectivity index (χ1n) is 7.59. The number of halogens is 2. The average molecular weight is 390 g/mol. The summed E-state index contributed by atoms with van der Waals surface area (Å²) in [5, 5.41) is 3.44. The molecule has 0 aliphatic heterocycles. The molecule has 0 fully saturated rings. The molecule has 0 saturated heterocycles. The third-order valence-corrected chi connectivity index (χ3v) is 4.23. The Morgan fingerprint density at radius 3 is 2.54 bits per heavy atom. The van der Waals surface area contributed by atoms with E-state index >= 15 is 0 Å². The lowest BCUT2D eigenvalue weighted by molar-refractivity contribution is 0.0474. The number of para-hydroxylation sites is 1. The Kier molecular flexibility index (Phi) is 5.61. The number of carbonyl (C=O) groups is 2. The first-order chi connectivity index (χ1) is 12.5. The van der Waals surface area contributed by atoms with Crippen LogP contribution < -0.4 is 5.32 Å². The zero-order valence-electron chi connectivity index (χ0n) is 13.4. The molecule has 1 N–H and O–H groups in total. The molecule has 7 heteroatoms. The highest BCUT2D eigenvalue weighted by molar-refractivity contribution is 6.42. The topological polar surface area (TPSA) is 68.5 Å². The Morgan fingerprint density at radius 2 is 1.81 bits per heavy atom. The minimum absolute atomic E-state index is 0.0240. The van der Waals surface area contributed by atoms with E-state index in [1.807, 2.05) is 0 Å². The molecule has 0 spiro atoms. The number of benzene rings is 2. The summed E-state index contributed by atoms with van der Waals surface area (Å²) in [6, 6.07) is 14.7. The molecule has 0 aliphatic rings. The van der Waals surface area contributed by atoms with Crippen LogP contribution in [0.1, 0.15) is 26.5 Å². The standard InChI is InChI=1S/C19H13Cl2NO4/c20-14-8-7-12(10-15(14)21)11-26-19(24)13-4-1-2-5-16(13)22-18(23)17-6-3-9-25-17/h1-10H,11H2,(H,22,23). The number of amides is 1. The van der Waals surface area contributed by atoms with Crippen molar-refractivity contribution in [3.05, 3.63) is 87.8 Å². The summed E-state index contributed by atoms with van der Waals surface area (Å²) in [5.41, 5.74) is 1.25. The smallest absolute Gasteiger partial charge is 0.340 e. The number of rotatable bonds is 5. The van der Waals surface area contributed by atoms with Crippen LogP contribution in [0.5, 0.6) is 0 Å². The number of carbonyl (C=O) groups excluding carboxylic acids is 2. The Bertz CT molecular complexity index is 938. The predicted octanol–water partition coefficient (Wildman–Crippen LogP) is 5.20. The van der Waals surface area contributed by atoms with Crippen molar-refractivity contribution in [1.29, 1.82) is 0 Å². The van der Waals surface area contributed by atoms with Crippen LogP contribution in [-0.4, -0.2) is 11.9 Å². The van der Waals surface area contributed by atoms with Gasteiger partial charge in [0.2, 0.25) is 0 Å². The van der Waals surface area contributed by atoms with Crippen molar-refractivity contribution in [2.24, 2.45) is 0 Å². The number of nitrogens with one attached hydrogen (secondary N) is 1. The summed E-state index contributed by atoms with van der Waals surface area (Å²) < 4.78 is 10.3. The molecule has 3 rings (SSSR count). The monoisotopic (exact) mass is 389 g/mol. The molecule has 0 unspecified atom stereocenters. The predicted molar refractivity (Wildman–Crippen MR) is 98.7 cm³/mol. The van der Waals surface area contributed by atoms with Gasteiger partial charge >= 0.3 is 5.97 Å². The van der Waals surface area contributed by atoms with Crippen molar-refractivity contribution >= 4 is 40.8 Å². The molecule has 1 amide bonds. The average Bonchev–Trinajstić information content (AvgIpc) is 3.18. The Labute approximate surface area is 159 Å². The number of ether oxygens (including phenoxy) is 1. The molecule has 26 heavy (non-hydrogen) atoms. The second kappa shape index (κ2) is 8.08. The van der Waals surface area contributed by atoms with Gasteiger partial charge in [0, 0.05) is 0 Å². The van der Waals surface area contributed by atoms with Gasteiger partial charge in [-0.1, -0.05) is 41.4 Å². The van der Waals surface area contributed by atoms with Gasteiger partial charge in [-0.2, -0.15) is 0 Å². The highest BCUT2D eigenvalue weighted by atomic mass is 35.5. The summed E-state index contributed by atoms with van der Waals surface area (Å²) >= 11 is 11.8. The molecule has 0 saturated carbocycles. The van der Waals surface area contributed by atoms with E-state index in [0.29, 0.717) is 21.3 Å². The van der Waals surface area contributed by atoms with E-state index in [1.54, 1.807) is 48.5 Å². The normalized spacial score (nSPS) is 10.4. The molecule has 0 aliphatic carbocycles. The van der Waals surface area contributed by atoms with Crippen LogP contribution in [0.15, 0.2) is 65.3 Å². The lowest BCUT2D eigenvalue weighted by Crippen LogP contribution is -2.15. The number of hydrogen-bond acceptors (Lipinski definition) is 4. The van der Waals surface area contributed by atoms with Gasteiger partial charge in [0.1, 0.15) is 6.61 Å². The maximum Gasteiger partial charge on any atom is 0.340 e. The quantitative estimate of drug-likeness (QED) is 0.609. The molecular formula is C19H13Cl2NO4. The molecule has 0 atom stereocenters. The lowest BCUT2D eigenvalue weighted by atomic mass is 10.1. The number of esters is 1. The maximum atomic E-state index is 12.4. The Balaban J connectivity index is 1.71. The SMILES string of the molecule is O=C(Nc1ccccc1C(=O)OCc1ccc(Cl)c(Cl)c1)c1ccco1. The van der Waals surface area contributed by atoms with Crippen LogP contribution in [0, 0.1) is 0 Å². The number of furan rings is 1. The minimum Gasteiger partial charge on any atom is -0.459 e. The van der Waals surface area contributed by atoms with E-state index in [-0.39, 0.29) is 17.9 Å². The van der Waals surface area contributed by atoms with Crippen LogP contribution in [-0.2, 0) is 11.3 Å². The van der Waals surface area contributed by atoms with Crippen molar-refractivity contribution in [3.63, 3.8) is 0 Å². The van der Waals surface area contributed by atoms with Crippen molar-refractivity contribution in [1.82, 2.24) is 0 Å². The van der Waals surface area contributed by atoms with E-state index in [1.165, 1.54) is 12.3 Å². The Hall–Kier alpha value is -2.76. The highest BCUT2D eigenvalue weighted by Crippen LogP contribution is 2.23. The molecule has 0 radical (unpaired) electrons. The molecule has 3 aromatic rings. The number of anilines is 1. The number of hydrogen-bond donors (Lipinski definition) is 1. The van der Waals surface area contributed by atoms with Crippen molar-refractivity contribution in [2.75, 3.05) is 5.32 Å². The van der Waals surface area contributed by atoms with Gasteiger partial charge in [-0.15, -0.1) is 0 Å². The van der Waals surface area contributed by atoms with Crippen molar-refractivity contribution in [3.8, 4) is 0 Å². The van der Waals surface area contributed by atoms with Crippen LogP contribution in [0.3, 0.4) is 0 Å². The minimum atomic E-state index is -0.577. The summed E-state index contributed by atoms with van der Waals surface area (Å²) in [7, 11) is 0. The fourth-order valence-electron chi connectivity index (χ4n) is 2.22. The molecule has 1 aromatic heterocycles. The van der Waals surface area contributed by atoms with E-state index < -0.39 is 11.9 Å². The van der Waals surface area contributed by atoms with Gasteiger partial charge in [-0.25, -0.2) is 4.79 Å². The fourth-order valence-corrected chi connectivity index (χ4v) is 2.54. The molecule has 132 valence electrons. The van der Waals surface area contributed by atoms with Gasteiger partial charge in [0.15, 0.2) is 5.76 Å². The van der Waals surface area contributed by atoms with Gasteiger partial charge in [-0.05, 0) is 42.0 Å². The van der Waals surface area contributed by atoms with E-state index in [2.05, 4.69) is 5.32 Å². The van der Waals surface area contributed by atoms with Gasteiger partial charge < -0.3 is 14.5 Å². The first-order valence-corrected chi connectivity index (χ1v) is 8.35. The molecule has 0 bridgehead atoms. The fraction of sp³-hybridized carbons (Fsp3) is 0.0526. The molecule has 1 heterocycles. The first kappa shape index (κ1) is 18.0. The van der Waals surface area contributed by atoms with Gasteiger partial charge in [-0.3, -0.25) is 4.79 Å². The third-order valence-electron chi connectivity index (χ3n) is 3.49. The largest absolute Gasteiger partial charge is 0.459 e. The van der Waals surface area contributed by atoms with Crippen molar-refractivity contribution in [2.45, 2.75) is 6.61 Å². The lowest BCUT2D eigenvalue weighted by Gasteiger charge is -2.10. The highest BCUT2D eigenvalue weighted by Gasteiger charge is 2.16. The van der Waals surface area contributed by atoms with Crippen LogP contribution >= 0.6 is 23.2 Å². The third kappa shape index (κ3) is 4.25.